The lowest BCUT2D eigenvalue weighted by Gasteiger charge is -2.33. The number of carbonyl (C=O) groups excluding carboxylic acids is 3. The van der Waals surface area contributed by atoms with E-state index < -0.39 is 23.9 Å². The summed E-state index contributed by atoms with van der Waals surface area (Å²) in [5.74, 6) is -1.99. The molecule has 2 aliphatic heterocycles. The number of esters is 1. The third-order valence-corrected chi connectivity index (χ3v) is 6.02. The molecule has 9 nitrogen and oxygen atoms in total. The number of halogens is 1. The number of hydrogen-bond donors (Lipinski definition) is 1. The Morgan fingerprint density at radius 3 is 2.51 bits per heavy atom. The highest BCUT2D eigenvalue weighted by Gasteiger charge is 2.38. The van der Waals surface area contributed by atoms with E-state index in [2.05, 4.69) is 4.99 Å². The van der Waals surface area contributed by atoms with Crippen LogP contribution in [0.5, 0.6) is 0 Å². The van der Waals surface area contributed by atoms with E-state index in [0.29, 0.717) is 41.7 Å². The maximum atomic E-state index is 13.6. The van der Waals surface area contributed by atoms with Gasteiger partial charge in [0.1, 0.15) is 11.4 Å². The Kier molecular flexibility index (Phi) is 7.45. The summed E-state index contributed by atoms with van der Waals surface area (Å²) in [7, 11) is 0. The van der Waals surface area contributed by atoms with E-state index in [1.165, 1.54) is 0 Å². The predicted molar refractivity (Wildman–Crippen MR) is 133 cm³/mol. The lowest BCUT2D eigenvalue weighted by molar-refractivity contribution is -0.135. The monoisotopic (exact) mass is 496 g/mol. The highest BCUT2D eigenvalue weighted by molar-refractivity contribution is 6.53. The van der Waals surface area contributed by atoms with Crippen LogP contribution in [-0.2, 0) is 19.1 Å². The number of nitrogens with one attached hydrogen (secondary N) is 1. The third-order valence-electron chi connectivity index (χ3n) is 5.78. The molecule has 0 spiro atoms. The molecule has 2 amide bonds. The van der Waals surface area contributed by atoms with Crippen molar-refractivity contribution in [2.75, 3.05) is 36.1 Å². The van der Waals surface area contributed by atoms with Crippen LogP contribution in [0.25, 0.3) is 0 Å². The number of aliphatic imine (C=N–C) groups is 1. The normalized spacial score (nSPS) is 19.5. The average Bonchev–Trinajstić information content (AvgIpc) is 2.85. The second-order valence-corrected chi connectivity index (χ2v) is 8.48. The first-order chi connectivity index (χ1) is 16.9. The number of ether oxygens (including phenoxy) is 2. The first-order valence-electron chi connectivity index (χ1n) is 11.3. The summed E-state index contributed by atoms with van der Waals surface area (Å²) in [4.78, 5) is 45.5. The lowest BCUT2D eigenvalue weighted by Crippen LogP contribution is -2.50. The Bertz CT molecular complexity index is 1180. The van der Waals surface area contributed by atoms with Gasteiger partial charge in [0.05, 0.1) is 24.8 Å². The maximum Gasteiger partial charge on any atom is 0.414 e. The Hall–Kier alpha value is -3.72. The molecule has 35 heavy (non-hydrogen) atoms. The summed E-state index contributed by atoms with van der Waals surface area (Å²) in [5, 5.41) is 8.80. The molecule has 182 valence electrons. The molecule has 0 saturated carbocycles. The van der Waals surface area contributed by atoms with Gasteiger partial charge < -0.3 is 14.4 Å². The van der Waals surface area contributed by atoms with Crippen molar-refractivity contribution in [3.63, 3.8) is 0 Å². The molecule has 1 N–H and O–H groups in total. The van der Waals surface area contributed by atoms with Gasteiger partial charge in [0, 0.05) is 29.5 Å². The van der Waals surface area contributed by atoms with E-state index in [0.717, 1.165) is 6.42 Å². The zero-order valence-electron chi connectivity index (χ0n) is 19.2. The SMILES string of the molecule is CCOC(=O)C(=N)C1CCN(c2ccc(N3CCCOC3=O)cc2)C(=O)C1=Nc1cccc(Cl)c1. The van der Waals surface area contributed by atoms with Crippen molar-refractivity contribution in [2.45, 2.75) is 19.8 Å². The number of piperidine rings is 1. The molecule has 1 atom stereocenters. The number of nitrogens with zero attached hydrogens (tertiary/aromatic N) is 3. The number of benzene rings is 2. The van der Waals surface area contributed by atoms with Gasteiger partial charge >= 0.3 is 12.1 Å². The molecular weight excluding hydrogens is 472 g/mol. The van der Waals surface area contributed by atoms with Crippen molar-refractivity contribution in [1.29, 1.82) is 5.41 Å². The summed E-state index contributed by atoms with van der Waals surface area (Å²) in [5.41, 5.74) is 1.50. The summed E-state index contributed by atoms with van der Waals surface area (Å²) < 4.78 is 10.1. The van der Waals surface area contributed by atoms with Gasteiger partial charge in [0.2, 0.25) is 0 Å². The average molecular weight is 497 g/mol. The number of rotatable bonds is 6. The smallest absolute Gasteiger partial charge is 0.414 e. The molecular formula is C25H25ClN4O5. The van der Waals surface area contributed by atoms with Crippen molar-refractivity contribution in [1.82, 2.24) is 0 Å². The van der Waals surface area contributed by atoms with Crippen LogP contribution in [0, 0.1) is 11.3 Å². The van der Waals surface area contributed by atoms with E-state index in [1.54, 1.807) is 65.3 Å². The van der Waals surface area contributed by atoms with Gasteiger partial charge in [-0.1, -0.05) is 17.7 Å². The largest absolute Gasteiger partial charge is 0.462 e. The van der Waals surface area contributed by atoms with Crippen molar-refractivity contribution in [3.8, 4) is 0 Å². The quantitative estimate of drug-likeness (QED) is 0.470. The van der Waals surface area contributed by atoms with Crippen LogP contribution in [0.4, 0.5) is 21.9 Å². The summed E-state index contributed by atoms with van der Waals surface area (Å²) in [6.07, 6.45) is 0.674. The highest BCUT2D eigenvalue weighted by atomic mass is 35.5. The van der Waals surface area contributed by atoms with Crippen molar-refractivity contribution in [2.24, 2.45) is 10.9 Å². The van der Waals surface area contributed by atoms with Gasteiger partial charge in [-0.15, -0.1) is 0 Å². The van der Waals surface area contributed by atoms with Gasteiger partial charge in [-0.3, -0.25) is 15.1 Å². The fraction of sp³-hybridized carbons (Fsp3) is 0.320. The highest BCUT2D eigenvalue weighted by Crippen LogP contribution is 2.29. The second kappa shape index (κ2) is 10.7. The van der Waals surface area contributed by atoms with Crippen molar-refractivity contribution >= 4 is 58.1 Å². The van der Waals surface area contributed by atoms with E-state index in [1.807, 2.05) is 0 Å². The molecule has 2 saturated heterocycles. The van der Waals surface area contributed by atoms with Gasteiger partial charge in [-0.05, 0) is 62.2 Å². The van der Waals surface area contributed by atoms with Crippen LogP contribution in [0.15, 0.2) is 53.5 Å². The van der Waals surface area contributed by atoms with Crippen molar-refractivity contribution in [3.05, 3.63) is 53.6 Å². The van der Waals surface area contributed by atoms with Crippen molar-refractivity contribution < 1.29 is 23.9 Å². The molecule has 0 radical (unpaired) electrons. The van der Waals surface area contributed by atoms with Crippen LogP contribution < -0.4 is 9.80 Å². The number of anilines is 2. The van der Waals surface area contributed by atoms with Crippen LogP contribution >= 0.6 is 11.6 Å². The van der Waals surface area contributed by atoms with Gasteiger partial charge in [0.25, 0.3) is 5.91 Å². The molecule has 1 unspecified atom stereocenters. The van der Waals surface area contributed by atoms with E-state index in [-0.39, 0.29) is 24.6 Å². The number of hydrogen-bond acceptors (Lipinski definition) is 7. The maximum absolute atomic E-state index is 13.6. The zero-order chi connectivity index (χ0) is 24.9. The Balaban J connectivity index is 1.63. The first kappa shape index (κ1) is 24.4. The van der Waals surface area contributed by atoms with Crippen LogP contribution in [0.1, 0.15) is 19.8 Å². The number of amides is 2. The fourth-order valence-electron chi connectivity index (χ4n) is 4.07. The van der Waals surface area contributed by atoms with Gasteiger partial charge in [-0.25, -0.2) is 14.6 Å². The molecule has 2 aliphatic rings. The number of carbonyl (C=O) groups is 3. The number of cyclic esters (lactones) is 1. The molecule has 2 heterocycles. The Labute approximate surface area is 207 Å². The molecule has 2 fully saturated rings. The molecule has 0 aliphatic carbocycles. The van der Waals surface area contributed by atoms with E-state index >= 15 is 0 Å². The molecule has 4 rings (SSSR count). The predicted octanol–water partition coefficient (Wildman–Crippen LogP) is 4.40. The van der Waals surface area contributed by atoms with E-state index in [9.17, 15) is 14.4 Å². The first-order valence-corrected chi connectivity index (χ1v) is 11.7. The molecule has 0 aromatic heterocycles. The Morgan fingerprint density at radius 2 is 1.86 bits per heavy atom. The second-order valence-electron chi connectivity index (χ2n) is 8.05. The Morgan fingerprint density at radius 1 is 1.14 bits per heavy atom. The molecule has 0 bridgehead atoms. The summed E-state index contributed by atoms with van der Waals surface area (Å²) in [6.45, 7) is 3.05. The fourth-order valence-corrected chi connectivity index (χ4v) is 4.26. The third kappa shape index (κ3) is 5.35. The van der Waals surface area contributed by atoms with E-state index in [4.69, 9.17) is 26.5 Å². The zero-order valence-corrected chi connectivity index (χ0v) is 20.0. The minimum atomic E-state index is -0.806. The van der Waals surface area contributed by atoms with Gasteiger partial charge in [-0.2, -0.15) is 0 Å². The summed E-state index contributed by atoms with van der Waals surface area (Å²) in [6, 6.07) is 13.7. The molecule has 2 aromatic carbocycles. The minimum absolute atomic E-state index is 0.0697. The topological polar surface area (TPSA) is 112 Å². The standard InChI is InChI=1S/C25H25ClN4O5/c1-2-34-24(32)21(27)20-11-13-29(23(31)22(20)28-17-6-3-5-16(26)15-17)18-7-9-19(10-8-18)30-12-4-14-35-25(30)33/h3,5-10,15,20,27H,2,4,11-14H2,1H3. The van der Waals surface area contributed by atoms with Gasteiger partial charge in [0.15, 0.2) is 0 Å². The molecule has 10 heteroatoms. The van der Waals surface area contributed by atoms with Crippen LogP contribution in [0.3, 0.4) is 0 Å². The van der Waals surface area contributed by atoms with Crippen LogP contribution in [-0.4, -0.2) is 55.7 Å². The summed E-state index contributed by atoms with van der Waals surface area (Å²) >= 11 is 6.09. The lowest BCUT2D eigenvalue weighted by atomic mass is 9.88. The molecule has 2 aromatic rings. The van der Waals surface area contributed by atoms with Crippen LogP contribution in [0.2, 0.25) is 5.02 Å². The minimum Gasteiger partial charge on any atom is -0.462 e.